The standard InChI is InChI=1S/C18H22O6Si/c1-21-17(19)16(18(20)22-2)13(8-9-25(3,4)5)12-6-7-14-15(10-12)24-11-23-14/h6-7,10,13,16H,11H2,1-5H3. The van der Waals surface area contributed by atoms with E-state index in [1.807, 2.05) is 0 Å². The van der Waals surface area contributed by atoms with Crippen LogP contribution in [0.4, 0.5) is 0 Å². The van der Waals surface area contributed by atoms with E-state index >= 15 is 0 Å². The van der Waals surface area contributed by atoms with Gasteiger partial charge in [-0.3, -0.25) is 9.59 Å². The number of esters is 2. The summed E-state index contributed by atoms with van der Waals surface area (Å²) in [5.74, 6) is 1.07. The third kappa shape index (κ3) is 4.54. The van der Waals surface area contributed by atoms with Crippen LogP contribution in [-0.2, 0) is 19.1 Å². The van der Waals surface area contributed by atoms with Crippen molar-refractivity contribution < 1.29 is 28.5 Å². The van der Waals surface area contributed by atoms with Crippen molar-refractivity contribution in [3.05, 3.63) is 23.8 Å². The van der Waals surface area contributed by atoms with Gasteiger partial charge in [0.25, 0.3) is 0 Å². The molecule has 2 rings (SSSR count). The quantitative estimate of drug-likeness (QED) is 0.354. The van der Waals surface area contributed by atoms with E-state index in [0.29, 0.717) is 17.1 Å². The first-order valence-corrected chi connectivity index (χ1v) is 11.3. The van der Waals surface area contributed by atoms with Crippen molar-refractivity contribution in [2.75, 3.05) is 21.0 Å². The highest BCUT2D eigenvalue weighted by Gasteiger charge is 2.38. The summed E-state index contributed by atoms with van der Waals surface area (Å²) in [6.07, 6.45) is 0. The van der Waals surface area contributed by atoms with Crippen LogP contribution in [0.5, 0.6) is 11.5 Å². The second kappa shape index (κ2) is 7.62. The van der Waals surface area contributed by atoms with E-state index in [9.17, 15) is 9.59 Å². The molecular weight excluding hydrogens is 340 g/mol. The van der Waals surface area contributed by atoms with Crippen LogP contribution in [0.15, 0.2) is 18.2 Å². The molecule has 0 radical (unpaired) electrons. The average Bonchev–Trinajstić information content (AvgIpc) is 3.04. The zero-order chi connectivity index (χ0) is 18.6. The number of carbonyl (C=O) groups excluding carboxylic acids is 2. The van der Waals surface area contributed by atoms with Crippen molar-refractivity contribution in [1.82, 2.24) is 0 Å². The minimum absolute atomic E-state index is 0.140. The lowest BCUT2D eigenvalue weighted by molar-refractivity contribution is -0.159. The fourth-order valence-corrected chi connectivity index (χ4v) is 2.97. The first kappa shape index (κ1) is 18.9. The Bertz CT molecular complexity index is 709. The number of fused-ring (bicyclic) bond motifs is 1. The van der Waals surface area contributed by atoms with Crippen LogP contribution >= 0.6 is 0 Å². The maximum absolute atomic E-state index is 12.2. The van der Waals surface area contributed by atoms with Gasteiger partial charge in [0.15, 0.2) is 17.4 Å². The monoisotopic (exact) mass is 362 g/mol. The van der Waals surface area contributed by atoms with E-state index in [0.717, 1.165) is 0 Å². The zero-order valence-electron chi connectivity index (χ0n) is 15.0. The van der Waals surface area contributed by atoms with Gasteiger partial charge in [0, 0.05) is 0 Å². The fourth-order valence-electron chi connectivity index (χ4n) is 2.38. The Labute approximate surface area is 148 Å². The lowest BCUT2D eigenvalue weighted by atomic mass is 9.86. The van der Waals surface area contributed by atoms with Gasteiger partial charge in [0.1, 0.15) is 8.07 Å². The lowest BCUT2D eigenvalue weighted by Crippen LogP contribution is -2.32. The van der Waals surface area contributed by atoms with Gasteiger partial charge in [-0.15, -0.1) is 11.5 Å². The highest BCUT2D eigenvalue weighted by atomic mass is 28.3. The van der Waals surface area contributed by atoms with E-state index in [4.69, 9.17) is 18.9 Å². The van der Waals surface area contributed by atoms with Crippen LogP contribution in [0.3, 0.4) is 0 Å². The molecule has 6 nitrogen and oxygen atoms in total. The minimum atomic E-state index is -1.73. The van der Waals surface area contributed by atoms with Crippen LogP contribution in [-0.4, -0.2) is 41.0 Å². The first-order chi connectivity index (χ1) is 11.8. The zero-order valence-corrected chi connectivity index (χ0v) is 16.0. The van der Waals surface area contributed by atoms with Gasteiger partial charge in [-0.05, 0) is 17.7 Å². The predicted octanol–water partition coefficient (Wildman–Crippen LogP) is 2.34. The topological polar surface area (TPSA) is 71.1 Å². The number of benzene rings is 1. The third-order valence-corrected chi connectivity index (χ3v) is 4.50. The number of rotatable bonds is 4. The second-order valence-electron chi connectivity index (χ2n) is 6.63. The molecule has 134 valence electrons. The number of hydrogen-bond donors (Lipinski definition) is 0. The molecule has 0 N–H and O–H groups in total. The number of methoxy groups -OCH3 is 2. The van der Waals surface area contributed by atoms with Crippen LogP contribution in [0, 0.1) is 17.4 Å². The lowest BCUT2D eigenvalue weighted by Gasteiger charge is -2.20. The van der Waals surface area contributed by atoms with Gasteiger partial charge in [-0.1, -0.05) is 25.7 Å². The molecule has 0 spiro atoms. The summed E-state index contributed by atoms with van der Waals surface area (Å²) >= 11 is 0. The molecular formula is C18H22O6Si. The van der Waals surface area contributed by atoms with Crippen molar-refractivity contribution in [3.63, 3.8) is 0 Å². The Balaban J connectivity index is 2.53. The Morgan fingerprint density at radius 2 is 1.68 bits per heavy atom. The van der Waals surface area contributed by atoms with Crippen LogP contribution in [0.1, 0.15) is 11.5 Å². The minimum Gasteiger partial charge on any atom is -0.468 e. The molecule has 0 amide bonds. The number of ether oxygens (including phenoxy) is 4. The summed E-state index contributed by atoms with van der Waals surface area (Å²) in [6, 6.07) is 5.26. The molecule has 0 aliphatic carbocycles. The molecule has 1 aliphatic rings. The molecule has 1 aliphatic heterocycles. The van der Waals surface area contributed by atoms with Crippen molar-refractivity contribution >= 4 is 20.0 Å². The SMILES string of the molecule is COC(=O)C(C(=O)OC)C(C#C[Si](C)(C)C)c1ccc2c(c1)OCO2. The van der Waals surface area contributed by atoms with E-state index in [2.05, 4.69) is 31.1 Å². The van der Waals surface area contributed by atoms with E-state index in [1.54, 1.807) is 18.2 Å². The maximum Gasteiger partial charge on any atom is 0.321 e. The van der Waals surface area contributed by atoms with Crippen molar-refractivity contribution in [2.24, 2.45) is 5.92 Å². The van der Waals surface area contributed by atoms with Crippen molar-refractivity contribution in [3.8, 4) is 23.0 Å². The molecule has 1 aromatic carbocycles. The summed E-state index contributed by atoms with van der Waals surface area (Å²) in [4.78, 5) is 24.5. The largest absolute Gasteiger partial charge is 0.468 e. The Hall–Kier alpha value is -2.46. The van der Waals surface area contributed by atoms with Gasteiger partial charge in [0.2, 0.25) is 6.79 Å². The molecule has 0 fully saturated rings. The van der Waals surface area contributed by atoms with Gasteiger partial charge in [-0.25, -0.2) is 0 Å². The Morgan fingerprint density at radius 1 is 1.08 bits per heavy atom. The predicted molar refractivity (Wildman–Crippen MR) is 94.0 cm³/mol. The van der Waals surface area contributed by atoms with Crippen LogP contribution in [0.25, 0.3) is 0 Å². The summed E-state index contributed by atoms with van der Waals surface area (Å²) in [7, 11) is 0.744. The van der Waals surface area contributed by atoms with Crippen molar-refractivity contribution in [1.29, 1.82) is 0 Å². The normalized spacial score (nSPS) is 13.7. The highest BCUT2D eigenvalue weighted by Crippen LogP contribution is 2.37. The number of hydrogen-bond acceptors (Lipinski definition) is 6. The molecule has 0 bridgehead atoms. The second-order valence-corrected chi connectivity index (χ2v) is 11.4. The molecule has 1 atom stereocenters. The molecule has 1 unspecified atom stereocenters. The molecule has 0 saturated heterocycles. The van der Waals surface area contributed by atoms with E-state index in [1.165, 1.54) is 14.2 Å². The molecule has 7 heteroatoms. The Morgan fingerprint density at radius 3 is 2.24 bits per heavy atom. The molecule has 0 saturated carbocycles. The van der Waals surface area contributed by atoms with E-state index < -0.39 is 31.8 Å². The van der Waals surface area contributed by atoms with Crippen LogP contribution in [0.2, 0.25) is 19.6 Å². The maximum atomic E-state index is 12.2. The third-order valence-electron chi connectivity index (χ3n) is 3.60. The molecule has 1 heterocycles. The van der Waals surface area contributed by atoms with Gasteiger partial charge in [-0.2, -0.15) is 0 Å². The summed E-state index contributed by atoms with van der Waals surface area (Å²) in [5.41, 5.74) is 3.90. The van der Waals surface area contributed by atoms with Crippen molar-refractivity contribution in [2.45, 2.75) is 25.6 Å². The van der Waals surface area contributed by atoms with Crippen LogP contribution < -0.4 is 9.47 Å². The first-order valence-electron chi connectivity index (χ1n) is 7.84. The summed E-state index contributed by atoms with van der Waals surface area (Å²) in [5, 5.41) is 0. The summed E-state index contributed by atoms with van der Waals surface area (Å²) in [6.45, 7) is 6.40. The van der Waals surface area contributed by atoms with Gasteiger partial charge < -0.3 is 18.9 Å². The summed E-state index contributed by atoms with van der Waals surface area (Å²) < 4.78 is 20.3. The Kier molecular flexibility index (Phi) is 5.75. The number of carbonyl (C=O) groups is 2. The van der Waals surface area contributed by atoms with Gasteiger partial charge in [0.05, 0.1) is 20.1 Å². The van der Waals surface area contributed by atoms with Gasteiger partial charge >= 0.3 is 11.9 Å². The molecule has 25 heavy (non-hydrogen) atoms. The molecule has 0 aromatic heterocycles. The average molecular weight is 362 g/mol. The smallest absolute Gasteiger partial charge is 0.321 e. The highest BCUT2D eigenvalue weighted by molar-refractivity contribution is 6.83. The fraction of sp³-hybridized carbons (Fsp3) is 0.444. The molecule has 1 aromatic rings. The van der Waals surface area contributed by atoms with E-state index in [-0.39, 0.29) is 6.79 Å².